The number of hydrogen-bond donors (Lipinski definition) is 0. The molecule has 0 aliphatic carbocycles. The van der Waals surface area contributed by atoms with Crippen LogP contribution in [-0.4, -0.2) is 66.1 Å². The fraction of sp³-hybridized carbons (Fsp3) is 0.409. The average Bonchev–Trinajstić information content (AvgIpc) is 2.78. The van der Waals surface area contributed by atoms with Crippen molar-refractivity contribution in [3.05, 3.63) is 59.3 Å². The predicted octanol–water partition coefficient (Wildman–Crippen LogP) is 2.56. The Hall–Kier alpha value is -3.09. The van der Waals surface area contributed by atoms with E-state index in [1.54, 1.807) is 17.2 Å². The molecule has 3 heterocycles. The fourth-order valence-electron chi connectivity index (χ4n) is 3.91. The Bertz CT molecular complexity index is 893. The Balaban J connectivity index is 1.42. The zero-order valence-electron chi connectivity index (χ0n) is 16.7. The first-order valence-corrected chi connectivity index (χ1v) is 10.1. The number of amides is 2. The summed E-state index contributed by atoms with van der Waals surface area (Å²) in [5.74, 6) is 0.810. The van der Waals surface area contributed by atoms with Crippen molar-refractivity contribution in [1.29, 1.82) is 0 Å². The lowest BCUT2D eigenvalue weighted by molar-refractivity contribution is 0.0734. The van der Waals surface area contributed by atoms with E-state index in [-0.39, 0.29) is 12.0 Å². The lowest BCUT2D eigenvalue weighted by Gasteiger charge is -2.35. The molecule has 0 saturated carbocycles. The fourth-order valence-corrected chi connectivity index (χ4v) is 3.91. The summed E-state index contributed by atoms with van der Waals surface area (Å²) in [5.41, 5.74) is 3.20. The molecule has 2 aliphatic heterocycles. The smallest absolute Gasteiger partial charge is 0.409 e. The van der Waals surface area contributed by atoms with Gasteiger partial charge < -0.3 is 19.4 Å². The monoisotopic (exact) mass is 394 g/mol. The van der Waals surface area contributed by atoms with Crippen LogP contribution in [0.4, 0.5) is 10.6 Å². The van der Waals surface area contributed by atoms with E-state index >= 15 is 0 Å². The minimum atomic E-state index is -0.269. The molecule has 2 amide bonds. The summed E-state index contributed by atoms with van der Waals surface area (Å²) in [7, 11) is 0. The van der Waals surface area contributed by atoms with E-state index in [4.69, 9.17) is 4.74 Å². The number of hydrogen-bond acceptors (Lipinski definition) is 5. The number of ether oxygens (including phenoxy) is 1. The summed E-state index contributed by atoms with van der Waals surface area (Å²) in [4.78, 5) is 35.1. The number of nitrogens with zero attached hydrogens (tertiary/aromatic N) is 4. The maximum Gasteiger partial charge on any atom is 0.409 e. The van der Waals surface area contributed by atoms with Crippen LogP contribution in [0, 0.1) is 0 Å². The third-order valence-electron chi connectivity index (χ3n) is 5.54. The van der Waals surface area contributed by atoms with Crippen LogP contribution in [0.3, 0.4) is 0 Å². The van der Waals surface area contributed by atoms with Gasteiger partial charge in [0.15, 0.2) is 0 Å². The number of fused-ring (bicyclic) bond motifs is 1. The highest BCUT2D eigenvalue weighted by Gasteiger charge is 2.25. The number of rotatable bonds is 3. The maximum absolute atomic E-state index is 13.1. The number of aromatic nitrogens is 1. The van der Waals surface area contributed by atoms with E-state index in [1.807, 2.05) is 30.0 Å². The molecule has 2 aliphatic rings. The Morgan fingerprint density at radius 1 is 1.00 bits per heavy atom. The lowest BCUT2D eigenvalue weighted by Crippen LogP contribution is -2.49. The standard InChI is InChI=1S/C22H26N4O3/c1-2-29-22(28)25-13-11-24(12-14-25)20-15-18(7-9-23-20)21(27)26-10-8-17-5-3-4-6-19(17)16-26/h3-7,9,15H,2,8,10-14,16H2,1H3. The number of benzene rings is 1. The van der Waals surface area contributed by atoms with Gasteiger partial charge in [0, 0.05) is 51.0 Å². The van der Waals surface area contributed by atoms with E-state index in [0.717, 1.165) is 18.8 Å². The first-order valence-electron chi connectivity index (χ1n) is 10.1. The van der Waals surface area contributed by atoms with Crippen LogP contribution in [0.1, 0.15) is 28.4 Å². The first-order chi connectivity index (χ1) is 14.2. The molecule has 152 valence electrons. The summed E-state index contributed by atoms with van der Waals surface area (Å²) in [6.45, 7) is 6.06. The van der Waals surface area contributed by atoms with Crippen molar-refractivity contribution < 1.29 is 14.3 Å². The molecule has 0 atom stereocenters. The molecule has 0 bridgehead atoms. The van der Waals surface area contributed by atoms with Crippen molar-refractivity contribution in [2.75, 3.05) is 44.2 Å². The van der Waals surface area contributed by atoms with E-state index < -0.39 is 0 Å². The molecule has 7 heteroatoms. The first kappa shape index (κ1) is 19.2. The van der Waals surface area contributed by atoms with Crippen LogP contribution in [0.5, 0.6) is 0 Å². The molecule has 29 heavy (non-hydrogen) atoms. The Kier molecular flexibility index (Phi) is 5.64. The van der Waals surface area contributed by atoms with Crippen LogP contribution in [0.2, 0.25) is 0 Å². The quantitative estimate of drug-likeness (QED) is 0.801. The zero-order chi connectivity index (χ0) is 20.2. The van der Waals surface area contributed by atoms with Crippen molar-refractivity contribution in [3.8, 4) is 0 Å². The molecule has 0 radical (unpaired) electrons. The highest BCUT2D eigenvalue weighted by atomic mass is 16.6. The largest absolute Gasteiger partial charge is 0.450 e. The minimum Gasteiger partial charge on any atom is -0.450 e. The van der Waals surface area contributed by atoms with Crippen LogP contribution in [-0.2, 0) is 17.7 Å². The highest BCUT2D eigenvalue weighted by Crippen LogP contribution is 2.22. The molecule has 4 rings (SSSR count). The van der Waals surface area contributed by atoms with E-state index in [0.29, 0.717) is 44.9 Å². The van der Waals surface area contributed by atoms with E-state index in [9.17, 15) is 9.59 Å². The van der Waals surface area contributed by atoms with Crippen molar-refractivity contribution in [3.63, 3.8) is 0 Å². The van der Waals surface area contributed by atoms with Gasteiger partial charge in [0.25, 0.3) is 5.91 Å². The summed E-state index contributed by atoms with van der Waals surface area (Å²) >= 11 is 0. The normalized spacial score (nSPS) is 16.4. The van der Waals surface area contributed by atoms with Gasteiger partial charge in [-0.25, -0.2) is 9.78 Å². The predicted molar refractivity (Wildman–Crippen MR) is 110 cm³/mol. The van der Waals surface area contributed by atoms with Gasteiger partial charge >= 0.3 is 6.09 Å². The topological polar surface area (TPSA) is 66.0 Å². The maximum atomic E-state index is 13.1. The molecule has 0 N–H and O–H groups in total. The molecule has 0 unspecified atom stereocenters. The van der Waals surface area contributed by atoms with Crippen LogP contribution in [0.25, 0.3) is 0 Å². The Labute approximate surface area is 170 Å². The molecule has 2 aromatic rings. The number of carbonyl (C=O) groups excluding carboxylic acids is 2. The SMILES string of the molecule is CCOC(=O)N1CCN(c2cc(C(=O)N3CCc4ccccc4C3)ccn2)CC1. The third kappa shape index (κ3) is 4.18. The second kappa shape index (κ2) is 8.51. The molecule has 7 nitrogen and oxygen atoms in total. The van der Waals surface area contributed by atoms with Gasteiger partial charge in [-0.05, 0) is 36.6 Å². The Morgan fingerprint density at radius 3 is 2.52 bits per heavy atom. The zero-order valence-corrected chi connectivity index (χ0v) is 16.7. The van der Waals surface area contributed by atoms with Crippen molar-refractivity contribution >= 4 is 17.8 Å². The minimum absolute atomic E-state index is 0.0355. The van der Waals surface area contributed by atoms with Gasteiger partial charge in [-0.2, -0.15) is 0 Å². The number of pyridine rings is 1. The number of piperazine rings is 1. The third-order valence-corrected chi connectivity index (χ3v) is 5.54. The summed E-state index contributed by atoms with van der Waals surface area (Å²) < 4.78 is 5.07. The molecule has 1 aromatic carbocycles. The summed E-state index contributed by atoms with van der Waals surface area (Å²) in [6.07, 6.45) is 2.31. The average molecular weight is 394 g/mol. The van der Waals surface area contributed by atoms with E-state index in [1.165, 1.54) is 11.1 Å². The van der Waals surface area contributed by atoms with Gasteiger partial charge in [0.2, 0.25) is 0 Å². The van der Waals surface area contributed by atoms with Gasteiger partial charge in [-0.3, -0.25) is 4.79 Å². The molecule has 1 saturated heterocycles. The lowest BCUT2D eigenvalue weighted by atomic mass is 9.99. The van der Waals surface area contributed by atoms with Gasteiger partial charge in [0.1, 0.15) is 5.82 Å². The van der Waals surface area contributed by atoms with Crippen molar-refractivity contribution in [2.24, 2.45) is 0 Å². The van der Waals surface area contributed by atoms with E-state index in [2.05, 4.69) is 22.0 Å². The summed E-state index contributed by atoms with van der Waals surface area (Å²) in [6, 6.07) is 11.9. The Morgan fingerprint density at radius 2 is 1.76 bits per heavy atom. The molecule has 0 spiro atoms. The van der Waals surface area contributed by atoms with Gasteiger partial charge in [-0.15, -0.1) is 0 Å². The second-order valence-electron chi connectivity index (χ2n) is 7.32. The highest BCUT2D eigenvalue weighted by molar-refractivity contribution is 5.95. The van der Waals surface area contributed by atoms with Crippen molar-refractivity contribution in [2.45, 2.75) is 19.9 Å². The van der Waals surface area contributed by atoms with Crippen LogP contribution >= 0.6 is 0 Å². The van der Waals surface area contributed by atoms with Gasteiger partial charge in [-0.1, -0.05) is 24.3 Å². The molecule has 1 fully saturated rings. The van der Waals surface area contributed by atoms with Crippen molar-refractivity contribution in [1.82, 2.24) is 14.8 Å². The summed E-state index contributed by atoms with van der Waals surface area (Å²) in [5, 5.41) is 0. The second-order valence-corrected chi connectivity index (χ2v) is 7.32. The van der Waals surface area contributed by atoms with Crippen LogP contribution < -0.4 is 4.90 Å². The van der Waals surface area contributed by atoms with Gasteiger partial charge in [0.05, 0.1) is 6.61 Å². The molecule has 1 aromatic heterocycles. The van der Waals surface area contributed by atoms with Crippen LogP contribution in [0.15, 0.2) is 42.6 Å². The number of anilines is 1. The molecular weight excluding hydrogens is 368 g/mol. The number of carbonyl (C=O) groups is 2. The molecular formula is C22H26N4O3.